The molecule has 5 heteroatoms. The van der Waals surface area contributed by atoms with Crippen molar-refractivity contribution in [3.05, 3.63) is 117 Å². The van der Waals surface area contributed by atoms with Crippen LogP contribution in [-0.4, -0.2) is 22.5 Å². The average molecular weight is 440 g/mol. The van der Waals surface area contributed by atoms with E-state index in [1.54, 1.807) is 4.90 Å². The number of nitrogens with one attached hydrogen (secondary N) is 2. The smallest absolute Gasteiger partial charge is 0.317 e. The first-order valence-electron chi connectivity index (χ1n) is 11.2. The number of rotatable bonds is 7. The lowest BCUT2D eigenvalue weighted by Gasteiger charge is -2.23. The number of benzene rings is 3. The van der Waals surface area contributed by atoms with Crippen molar-refractivity contribution in [3.63, 3.8) is 0 Å². The molecule has 168 valence electrons. The molecule has 1 aromatic heterocycles. The molecule has 5 nitrogen and oxygen atoms in total. The Morgan fingerprint density at radius 2 is 1.58 bits per heavy atom. The monoisotopic (exact) mass is 439 g/mol. The second-order valence-electron chi connectivity index (χ2n) is 8.40. The van der Waals surface area contributed by atoms with Gasteiger partial charge in [0.15, 0.2) is 0 Å². The molecule has 2 amide bonds. The molecule has 3 aromatic carbocycles. The van der Waals surface area contributed by atoms with Crippen molar-refractivity contribution in [3.8, 4) is 0 Å². The van der Waals surface area contributed by atoms with E-state index in [0.29, 0.717) is 25.1 Å². The predicted molar refractivity (Wildman–Crippen MR) is 133 cm³/mol. The summed E-state index contributed by atoms with van der Waals surface area (Å²) >= 11 is 0. The molecule has 4 rings (SSSR count). The maximum atomic E-state index is 13.1. The van der Waals surface area contributed by atoms with Crippen LogP contribution in [0.2, 0.25) is 0 Å². The van der Waals surface area contributed by atoms with Crippen molar-refractivity contribution in [2.45, 2.75) is 33.4 Å². The van der Waals surface area contributed by atoms with Gasteiger partial charge < -0.3 is 15.2 Å². The van der Waals surface area contributed by atoms with Gasteiger partial charge in [0.25, 0.3) is 5.56 Å². The van der Waals surface area contributed by atoms with Gasteiger partial charge in [-0.2, -0.15) is 0 Å². The van der Waals surface area contributed by atoms with Gasteiger partial charge in [0.05, 0.1) is 12.1 Å². The molecule has 33 heavy (non-hydrogen) atoms. The molecular weight excluding hydrogens is 410 g/mol. The molecule has 0 spiro atoms. The predicted octanol–water partition coefficient (Wildman–Crippen LogP) is 5.10. The van der Waals surface area contributed by atoms with Gasteiger partial charge in [-0.3, -0.25) is 4.79 Å². The fourth-order valence-corrected chi connectivity index (χ4v) is 3.94. The minimum atomic E-state index is -0.186. The number of aromatic nitrogens is 1. The highest BCUT2D eigenvalue weighted by Crippen LogP contribution is 2.19. The van der Waals surface area contributed by atoms with Crippen LogP contribution in [0.4, 0.5) is 4.79 Å². The quantitative estimate of drug-likeness (QED) is 0.421. The summed E-state index contributed by atoms with van der Waals surface area (Å²) in [5.41, 5.74) is 5.66. The Hall–Kier alpha value is -3.86. The van der Waals surface area contributed by atoms with Crippen LogP contribution in [0.15, 0.2) is 83.7 Å². The van der Waals surface area contributed by atoms with Gasteiger partial charge >= 0.3 is 6.03 Å². The molecule has 0 saturated carbocycles. The van der Waals surface area contributed by atoms with Gasteiger partial charge in [-0.25, -0.2) is 4.79 Å². The maximum Gasteiger partial charge on any atom is 0.317 e. The molecule has 0 aliphatic heterocycles. The number of fused-ring (bicyclic) bond motifs is 1. The first kappa shape index (κ1) is 22.3. The first-order chi connectivity index (χ1) is 16.0. The molecule has 0 atom stereocenters. The van der Waals surface area contributed by atoms with Crippen molar-refractivity contribution in [1.29, 1.82) is 0 Å². The van der Waals surface area contributed by atoms with Gasteiger partial charge in [-0.05, 0) is 54.0 Å². The van der Waals surface area contributed by atoms with E-state index >= 15 is 0 Å². The summed E-state index contributed by atoms with van der Waals surface area (Å²) in [6, 6.07) is 25.7. The van der Waals surface area contributed by atoms with Gasteiger partial charge in [-0.15, -0.1) is 0 Å². The number of amides is 2. The van der Waals surface area contributed by atoms with Gasteiger partial charge in [0, 0.05) is 18.7 Å². The fraction of sp³-hybridized carbons (Fsp3) is 0.214. The zero-order valence-electron chi connectivity index (χ0n) is 19.1. The number of carbonyl (C=O) groups is 1. The number of urea groups is 1. The van der Waals surface area contributed by atoms with E-state index in [-0.39, 0.29) is 18.1 Å². The molecule has 2 N–H and O–H groups in total. The molecular formula is C28H29N3O2. The highest BCUT2D eigenvalue weighted by molar-refractivity contribution is 5.83. The van der Waals surface area contributed by atoms with Crippen LogP contribution in [-0.2, 0) is 19.5 Å². The van der Waals surface area contributed by atoms with Crippen LogP contribution in [0.1, 0.15) is 27.8 Å². The van der Waals surface area contributed by atoms with E-state index < -0.39 is 0 Å². The first-order valence-corrected chi connectivity index (χ1v) is 11.2. The summed E-state index contributed by atoms with van der Waals surface area (Å²) in [7, 11) is 0. The second kappa shape index (κ2) is 10.2. The Kier molecular flexibility index (Phi) is 6.89. The van der Waals surface area contributed by atoms with E-state index in [4.69, 9.17) is 0 Å². The molecule has 0 fully saturated rings. The van der Waals surface area contributed by atoms with Crippen LogP contribution in [0, 0.1) is 13.8 Å². The summed E-state index contributed by atoms with van der Waals surface area (Å²) < 4.78 is 0. The van der Waals surface area contributed by atoms with E-state index in [2.05, 4.69) is 16.4 Å². The second-order valence-corrected chi connectivity index (χ2v) is 8.40. The van der Waals surface area contributed by atoms with E-state index in [9.17, 15) is 9.59 Å². The Morgan fingerprint density at radius 1 is 0.909 bits per heavy atom. The summed E-state index contributed by atoms with van der Waals surface area (Å²) in [6.45, 7) is 5.23. The minimum absolute atomic E-state index is 0.156. The largest absolute Gasteiger partial charge is 0.334 e. The maximum absolute atomic E-state index is 13.1. The lowest BCUT2D eigenvalue weighted by atomic mass is 10.0. The number of aromatic amines is 1. The molecule has 0 bridgehead atoms. The highest BCUT2D eigenvalue weighted by Gasteiger charge is 2.17. The molecule has 0 radical (unpaired) electrons. The third-order valence-corrected chi connectivity index (χ3v) is 6.08. The molecule has 0 saturated heterocycles. The van der Waals surface area contributed by atoms with Crippen LogP contribution in [0.25, 0.3) is 10.9 Å². The number of hydrogen-bond donors (Lipinski definition) is 2. The highest BCUT2D eigenvalue weighted by atomic mass is 16.2. The van der Waals surface area contributed by atoms with Crippen molar-refractivity contribution in [2.75, 3.05) is 6.54 Å². The lowest BCUT2D eigenvalue weighted by molar-refractivity contribution is 0.195. The normalized spacial score (nSPS) is 10.8. The molecule has 4 aromatic rings. The number of H-pyrrole nitrogens is 1. The average Bonchev–Trinajstić information content (AvgIpc) is 2.84. The van der Waals surface area contributed by atoms with Crippen LogP contribution in [0.5, 0.6) is 0 Å². The zero-order chi connectivity index (χ0) is 23.2. The van der Waals surface area contributed by atoms with Crippen LogP contribution in [0.3, 0.4) is 0 Å². The van der Waals surface area contributed by atoms with E-state index in [0.717, 1.165) is 33.2 Å². The Morgan fingerprint density at radius 3 is 2.27 bits per heavy atom. The van der Waals surface area contributed by atoms with E-state index in [1.807, 2.05) is 86.6 Å². The van der Waals surface area contributed by atoms with Gasteiger partial charge in [0.1, 0.15) is 0 Å². The summed E-state index contributed by atoms with van der Waals surface area (Å²) in [5, 5.41) is 3.98. The minimum Gasteiger partial charge on any atom is -0.334 e. The number of carbonyl (C=O) groups excluding carboxylic acids is 1. The topological polar surface area (TPSA) is 65.2 Å². The molecule has 0 aliphatic rings. The molecule has 0 unspecified atom stereocenters. The summed E-state index contributed by atoms with van der Waals surface area (Å²) in [5.74, 6) is 0. The Bertz CT molecular complexity index is 1300. The summed E-state index contributed by atoms with van der Waals surface area (Å²) in [4.78, 5) is 30.8. The van der Waals surface area contributed by atoms with Crippen molar-refractivity contribution in [2.24, 2.45) is 0 Å². The fourth-order valence-electron chi connectivity index (χ4n) is 3.94. The van der Waals surface area contributed by atoms with Crippen molar-refractivity contribution < 1.29 is 4.79 Å². The van der Waals surface area contributed by atoms with Crippen LogP contribution >= 0.6 is 0 Å². The number of nitrogens with zero attached hydrogens (tertiary/aromatic N) is 1. The van der Waals surface area contributed by atoms with Gasteiger partial charge in [0.2, 0.25) is 0 Å². The van der Waals surface area contributed by atoms with E-state index in [1.165, 1.54) is 0 Å². The number of hydrogen-bond acceptors (Lipinski definition) is 2. The van der Waals surface area contributed by atoms with Crippen molar-refractivity contribution in [1.82, 2.24) is 15.2 Å². The molecule has 0 aliphatic carbocycles. The zero-order valence-corrected chi connectivity index (χ0v) is 19.1. The Labute approximate surface area is 194 Å². The SMILES string of the molecule is Cc1ccc2cc(CN(CCc3ccccc3)C(=O)NCc3ccccc3)c(=O)[nH]c2c1C. The van der Waals surface area contributed by atoms with Gasteiger partial charge in [-0.1, -0.05) is 72.8 Å². The third kappa shape index (κ3) is 5.50. The number of aryl methyl sites for hydroxylation is 2. The Balaban J connectivity index is 1.56. The molecule has 1 heterocycles. The summed E-state index contributed by atoms with van der Waals surface area (Å²) in [6.07, 6.45) is 0.712. The lowest BCUT2D eigenvalue weighted by Crippen LogP contribution is -2.41. The van der Waals surface area contributed by atoms with Crippen LogP contribution < -0.4 is 10.9 Å². The number of pyridine rings is 1. The standard InChI is InChI=1S/C28H29N3O2/c1-20-13-14-24-17-25(27(32)30-26(24)21(20)2)19-31(16-15-22-9-5-3-6-10-22)28(33)29-18-23-11-7-4-8-12-23/h3-14,17H,15-16,18-19H2,1-2H3,(H,29,33)(H,30,32). The van der Waals surface area contributed by atoms with Crippen molar-refractivity contribution >= 4 is 16.9 Å². The third-order valence-electron chi connectivity index (χ3n) is 6.08.